The van der Waals surface area contributed by atoms with Crippen LogP contribution < -0.4 is 4.74 Å². The Morgan fingerprint density at radius 3 is 2.04 bits per heavy atom. The van der Waals surface area contributed by atoms with Crippen molar-refractivity contribution >= 4 is 0 Å². The minimum Gasteiger partial charge on any atom is -0.496 e. The van der Waals surface area contributed by atoms with E-state index < -0.39 is 11.7 Å². The minimum atomic E-state index is -4.32. The van der Waals surface area contributed by atoms with Gasteiger partial charge in [0.15, 0.2) is 0 Å². The molecule has 0 fully saturated rings. The van der Waals surface area contributed by atoms with Gasteiger partial charge in [-0.3, -0.25) is 0 Å². The molecule has 0 aliphatic carbocycles. The Bertz CT molecular complexity index is 706. The van der Waals surface area contributed by atoms with Crippen molar-refractivity contribution in [2.75, 3.05) is 20.2 Å². The second kappa shape index (κ2) is 8.58. The standard InChI is InChI=1S/C21H26F3NO/c1-5-25(6-2)15(3)13-18-14-17(9-12-20(18)26-4)16-7-10-19(11-8-16)21(22,23)24/h7-12,14-15H,5-6,13H2,1-4H3. The van der Waals surface area contributed by atoms with Gasteiger partial charge in [0.2, 0.25) is 0 Å². The summed E-state index contributed by atoms with van der Waals surface area (Å²) in [6.07, 6.45) is -3.50. The third-order valence-corrected chi connectivity index (χ3v) is 4.78. The topological polar surface area (TPSA) is 12.5 Å². The molecule has 0 amide bonds. The van der Waals surface area contributed by atoms with Gasteiger partial charge in [0, 0.05) is 6.04 Å². The molecule has 0 spiro atoms. The molecular weight excluding hydrogens is 339 g/mol. The molecule has 0 heterocycles. The Labute approximate surface area is 153 Å². The smallest absolute Gasteiger partial charge is 0.416 e. The van der Waals surface area contributed by atoms with E-state index in [1.165, 1.54) is 12.1 Å². The van der Waals surface area contributed by atoms with Crippen molar-refractivity contribution in [1.29, 1.82) is 0 Å². The van der Waals surface area contributed by atoms with Gasteiger partial charge in [-0.2, -0.15) is 13.2 Å². The maximum absolute atomic E-state index is 12.7. The third kappa shape index (κ3) is 4.79. The van der Waals surface area contributed by atoms with Crippen molar-refractivity contribution in [1.82, 2.24) is 4.90 Å². The lowest BCUT2D eigenvalue weighted by Gasteiger charge is -2.27. The van der Waals surface area contributed by atoms with Crippen LogP contribution in [-0.4, -0.2) is 31.1 Å². The highest BCUT2D eigenvalue weighted by molar-refractivity contribution is 5.66. The maximum Gasteiger partial charge on any atom is 0.416 e. The molecule has 1 unspecified atom stereocenters. The van der Waals surface area contributed by atoms with Gasteiger partial charge in [-0.25, -0.2) is 0 Å². The van der Waals surface area contributed by atoms with E-state index in [1.54, 1.807) is 7.11 Å². The van der Waals surface area contributed by atoms with Gasteiger partial charge in [0.05, 0.1) is 12.7 Å². The number of benzene rings is 2. The molecule has 0 aliphatic rings. The van der Waals surface area contributed by atoms with Crippen molar-refractivity contribution in [3.63, 3.8) is 0 Å². The van der Waals surface area contributed by atoms with E-state index >= 15 is 0 Å². The highest BCUT2D eigenvalue weighted by Crippen LogP contribution is 2.32. The van der Waals surface area contributed by atoms with Gasteiger partial charge in [-0.15, -0.1) is 0 Å². The van der Waals surface area contributed by atoms with E-state index in [9.17, 15) is 13.2 Å². The van der Waals surface area contributed by atoms with Crippen molar-refractivity contribution in [3.05, 3.63) is 53.6 Å². The zero-order chi connectivity index (χ0) is 19.3. The number of rotatable bonds is 7. The average Bonchev–Trinajstić information content (AvgIpc) is 2.62. The first-order valence-corrected chi connectivity index (χ1v) is 8.88. The summed E-state index contributed by atoms with van der Waals surface area (Å²) in [6.45, 7) is 8.39. The van der Waals surface area contributed by atoms with E-state index in [0.717, 1.165) is 54.1 Å². The minimum absolute atomic E-state index is 0.349. The van der Waals surface area contributed by atoms with Crippen LogP contribution >= 0.6 is 0 Å². The van der Waals surface area contributed by atoms with Crippen LogP contribution in [0.2, 0.25) is 0 Å². The van der Waals surface area contributed by atoms with Crippen LogP contribution in [0, 0.1) is 0 Å². The molecule has 2 nitrogen and oxygen atoms in total. The number of alkyl halides is 3. The molecule has 5 heteroatoms. The van der Waals surface area contributed by atoms with Crippen molar-refractivity contribution < 1.29 is 17.9 Å². The molecule has 142 valence electrons. The molecule has 1 atom stereocenters. The lowest BCUT2D eigenvalue weighted by molar-refractivity contribution is -0.137. The number of likely N-dealkylation sites (N-methyl/N-ethyl adjacent to an activating group) is 1. The van der Waals surface area contributed by atoms with Gasteiger partial charge in [0.1, 0.15) is 5.75 Å². The summed E-state index contributed by atoms with van der Waals surface area (Å²) in [5.74, 6) is 0.805. The molecule has 0 saturated heterocycles. The van der Waals surface area contributed by atoms with E-state index in [2.05, 4.69) is 25.7 Å². The Hall–Kier alpha value is -2.01. The number of halogens is 3. The summed E-state index contributed by atoms with van der Waals surface area (Å²) < 4.78 is 43.7. The average molecular weight is 365 g/mol. The quantitative estimate of drug-likeness (QED) is 0.628. The van der Waals surface area contributed by atoms with Crippen molar-refractivity contribution in [3.8, 4) is 16.9 Å². The fourth-order valence-corrected chi connectivity index (χ4v) is 3.26. The number of ether oxygens (including phenoxy) is 1. The molecule has 2 aromatic carbocycles. The molecular formula is C21H26F3NO. The van der Waals surface area contributed by atoms with E-state index in [4.69, 9.17) is 4.74 Å². The Balaban J connectivity index is 2.31. The summed E-state index contributed by atoms with van der Waals surface area (Å²) >= 11 is 0. The predicted octanol–water partition coefficient (Wildman–Crippen LogP) is 5.65. The number of nitrogens with zero attached hydrogens (tertiary/aromatic N) is 1. The van der Waals surface area contributed by atoms with E-state index in [1.807, 2.05) is 18.2 Å². The van der Waals surface area contributed by atoms with E-state index in [0.29, 0.717) is 6.04 Å². The Kier molecular flexibility index (Phi) is 6.70. The van der Waals surface area contributed by atoms with Gasteiger partial charge < -0.3 is 9.64 Å². The molecule has 0 saturated carbocycles. The molecule has 2 rings (SSSR count). The van der Waals surface area contributed by atoms with E-state index in [-0.39, 0.29) is 0 Å². The zero-order valence-corrected chi connectivity index (χ0v) is 15.7. The van der Waals surface area contributed by atoms with Crippen LogP contribution in [-0.2, 0) is 12.6 Å². The molecule has 0 radical (unpaired) electrons. The van der Waals surface area contributed by atoms with Crippen molar-refractivity contribution in [2.45, 2.75) is 39.4 Å². The number of methoxy groups -OCH3 is 1. The maximum atomic E-state index is 12.7. The first-order valence-electron chi connectivity index (χ1n) is 8.88. The normalized spacial score (nSPS) is 13.1. The molecule has 0 aromatic heterocycles. The molecule has 0 aliphatic heterocycles. The second-order valence-electron chi connectivity index (χ2n) is 6.38. The van der Waals surface area contributed by atoms with Crippen molar-refractivity contribution in [2.24, 2.45) is 0 Å². The number of hydrogen-bond acceptors (Lipinski definition) is 2. The van der Waals surface area contributed by atoms with Crippen LogP contribution in [0.1, 0.15) is 31.9 Å². The van der Waals surface area contributed by atoms with Crippen LogP contribution in [0.25, 0.3) is 11.1 Å². The number of hydrogen-bond donors (Lipinski definition) is 0. The van der Waals surface area contributed by atoms with Gasteiger partial charge in [0.25, 0.3) is 0 Å². The first kappa shape index (κ1) is 20.3. The Morgan fingerprint density at radius 2 is 1.54 bits per heavy atom. The summed E-state index contributed by atoms with van der Waals surface area (Å²) in [7, 11) is 1.64. The fraction of sp³-hybridized carbons (Fsp3) is 0.429. The van der Waals surface area contributed by atoms with Crippen LogP contribution in [0.15, 0.2) is 42.5 Å². The van der Waals surface area contributed by atoms with Gasteiger partial charge >= 0.3 is 6.18 Å². The summed E-state index contributed by atoms with van der Waals surface area (Å²) in [5.41, 5.74) is 2.08. The third-order valence-electron chi connectivity index (χ3n) is 4.78. The van der Waals surface area contributed by atoms with Crippen LogP contribution in [0.4, 0.5) is 13.2 Å². The molecule has 2 aromatic rings. The monoisotopic (exact) mass is 365 g/mol. The van der Waals surface area contributed by atoms with Crippen LogP contribution in [0.3, 0.4) is 0 Å². The lowest BCUT2D eigenvalue weighted by atomic mass is 9.97. The van der Waals surface area contributed by atoms with Crippen LogP contribution in [0.5, 0.6) is 5.75 Å². The highest BCUT2D eigenvalue weighted by Gasteiger charge is 2.30. The SMILES string of the molecule is CCN(CC)C(C)Cc1cc(-c2ccc(C(F)(F)F)cc2)ccc1OC. The largest absolute Gasteiger partial charge is 0.496 e. The lowest BCUT2D eigenvalue weighted by Crippen LogP contribution is -2.34. The molecule has 26 heavy (non-hydrogen) atoms. The van der Waals surface area contributed by atoms with Gasteiger partial charge in [-0.1, -0.05) is 32.0 Å². The summed E-state index contributed by atoms with van der Waals surface area (Å²) in [4.78, 5) is 2.37. The second-order valence-corrected chi connectivity index (χ2v) is 6.38. The predicted molar refractivity (Wildman–Crippen MR) is 99.5 cm³/mol. The summed E-state index contributed by atoms with van der Waals surface area (Å²) in [6, 6.07) is 11.4. The first-order chi connectivity index (χ1) is 12.3. The Morgan fingerprint density at radius 1 is 0.962 bits per heavy atom. The highest BCUT2D eigenvalue weighted by atomic mass is 19.4. The van der Waals surface area contributed by atoms with Gasteiger partial charge in [-0.05, 0) is 67.4 Å². The molecule has 0 N–H and O–H groups in total. The molecule has 0 bridgehead atoms. The summed E-state index contributed by atoms with van der Waals surface area (Å²) in [5, 5.41) is 0. The fourth-order valence-electron chi connectivity index (χ4n) is 3.26. The zero-order valence-electron chi connectivity index (χ0n) is 15.7.